The van der Waals surface area contributed by atoms with Crippen LogP contribution >= 0.6 is 0 Å². The highest BCUT2D eigenvalue weighted by Gasteiger charge is 2.45. The second-order valence-corrected chi connectivity index (χ2v) is 5.78. The normalized spacial score (nSPS) is 41.2. The Bertz CT molecular complexity index is 332. The molecule has 5 unspecified atom stereocenters. The molecule has 1 heterocycles. The van der Waals surface area contributed by atoms with Gasteiger partial charge in [0.05, 0.1) is 18.3 Å². The molecule has 0 N–H and O–H groups in total. The highest BCUT2D eigenvalue weighted by molar-refractivity contribution is 5.60. The quantitative estimate of drug-likeness (QED) is 0.582. The van der Waals surface area contributed by atoms with Crippen LogP contribution in [0.2, 0.25) is 0 Å². The summed E-state index contributed by atoms with van der Waals surface area (Å²) in [5.41, 5.74) is 0. The molecule has 108 valence electrons. The summed E-state index contributed by atoms with van der Waals surface area (Å²) in [5.74, 6) is 0. The lowest BCUT2D eigenvalue weighted by molar-refractivity contribution is -0.0413. The molecule has 1 aliphatic heterocycles. The molecular formula is C14H22O5. The maximum absolute atomic E-state index is 11.8. The summed E-state index contributed by atoms with van der Waals surface area (Å²) >= 11 is 0. The molecule has 3 fully saturated rings. The summed E-state index contributed by atoms with van der Waals surface area (Å²) in [6.45, 7) is 0. The fourth-order valence-electron chi connectivity index (χ4n) is 3.20. The van der Waals surface area contributed by atoms with Crippen LogP contribution in [-0.4, -0.2) is 43.8 Å². The van der Waals surface area contributed by atoms with Gasteiger partial charge in [-0.1, -0.05) is 0 Å². The van der Waals surface area contributed by atoms with E-state index in [0.29, 0.717) is 12.2 Å². The molecular weight excluding hydrogens is 248 g/mol. The zero-order valence-corrected chi connectivity index (χ0v) is 11.4. The number of carbonyl (C=O) groups excluding carboxylic acids is 1. The summed E-state index contributed by atoms with van der Waals surface area (Å²) in [6.07, 6.45) is 6.84. The minimum absolute atomic E-state index is 0.0296. The first kappa shape index (κ1) is 13.2. The van der Waals surface area contributed by atoms with Gasteiger partial charge < -0.3 is 18.9 Å². The largest absolute Gasteiger partial charge is 0.508 e. The fourth-order valence-corrected chi connectivity index (χ4v) is 3.20. The lowest BCUT2D eigenvalue weighted by atomic mass is 9.95. The second-order valence-electron chi connectivity index (χ2n) is 5.78. The number of methoxy groups -OCH3 is 1. The molecule has 0 aromatic heterocycles. The van der Waals surface area contributed by atoms with E-state index in [1.165, 1.54) is 0 Å². The predicted molar refractivity (Wildman–Crippen MR) is 66.9 cm³/mol. The summed E-state index contributed by atoms with van der Waals surface area (Å²) in [4.78, 5) is 11.8. The second kappa shape index (κ2) is 5.67. The molecule has 0 spiro atoms. The van der Waals surface area contributed by atoms with Crippen molar-refractivity contribution < 1.29 is 23.7 Å². The van der Waals surface area contributed by atoms with Crippen molar-refractivity contribution in [2.75, 3.05) is 7.11 Å². The van der Waals surface area contributed by atoms with Crippen LogP contribution in [-0.2, 0) is 18.9 Å². The number of ether oxygens (including phenoxy) is 4. The first-order valence-corrected chi connectivity index (χ1v) is 7.30. The zero-order valence-electron chi connectivity index (χ0n) is 11.4. The standard InChI is InChI=1S/C14H22O5/c1-16-9-3-2-4-10(7-9)17-14(15)18-11-5-6-12-13(8-11)19-12/h9-13H,2-8H2,1H3. The molecule has 5 heteroatoms. The molecule has 3 rings (SSSR count). The Morgan fingerprint density at radius 2 is 1.68 bits per heavy atom. The third kappa shape index (κ3) is 3.39. The van der Waals surface area contributed by atoms with Gasteiger partial charge in [-0.3, -0.25) is 0 Å². The molecule has 0 amide bonds. The Labute approximate surface area is 113 Å². The minimum atomic E-state index is -0.522. The topological polar surface area (TPSA) is 57.3 Å². The van der Waals surface area contributed by atoms with Gasteiger partial charge in [-0.05, 0) is 32.1 Å². The average molecular weight is 270 g/mol. The van der Waals surface area contributed by atoms with E-state index < -0.39 is 6.16 Å². The number of rotatable bonds is 3. The van der Waals surface area contributed by atoms with Crippen LogP contribution in [0.15, 0.2) is 0 Å². The van der Waals surface area contributed by atoms with E-state index >= 15 is 0 Å². The van der Waals surface area contributed by atoms with Crippen LogP contribution in [0.1, 0.15) is 44.9 Å². The molecule has 0 aromatic carbocycles. The van der Waals surface area contributed by atoms with E-state index in [1.807, 2.05) is 0 Å². The molecule has 1 saturated heterocycles. The highest BCUT2D eigenvalue weighted by atomic mass is 16.7. The van der Waals surface area contributed by atoms with E-state index in [0.717, 1.165) is 44.9 Å². The Morgan fingerprint density at radius 3 is 2.42 bits per heavy atom. The van der Waals surface area contributed by atoms with Crippen LogP contribution in [0.25, 0.3) is 0 Å². The molecule has 2 saturated carbocycles. The lowest BCUT2D eigenvalue weighted by Crippen LogP contribution is -2.32. The highest BCUT2D eigenvalue weighted by Crippen LogP contribution is 2.37. The third-order valence-corrected chi connectivity index (χ3v) is 4.39. The van der Waals surface area contributed by atoms with Gasteiger partial charge in [-0.2, -0.15) is 0 Å². The van der Waals surface area contributed by atoms with Crippen molar-refractivity contribution in [2.45, 2.75) is 75.5 Å². The van der Waals surface area contributed by atoms with Crippen molar-refractivity contribution in [1.29, 1.82) is 0 Å². The van der Waals surface area contributed by atoms with Gasteiger partial charge in [0.2, 0.25) is 0 Å². The fraction of sp³-hybridized carbons (Fsp3) is 0.929. The summed E-state index contributed by atoms with van der Waals surface area (Å²) in [5, 5.41) is 0. The molecule has 2 aliphatic carbocycles. The predicted octanol–water partition coefficient (Wildman–Crippen LogP) is 2.42. The van der Waals surface area contributed by atoms with Gasteiger partial charge in [0.25, 0.3) is 0 Å². The monoisotopic (exact) mass is 270 g/mol. The van der Waals surface area contributed by atoms with Gasteiger partial charge in [0, 0.05) is 20.0 Å². The van der Waals surface area contributed by atoms with E-state index in [9.17, 15) is 4.79 Å². The molecule has 5 nitrogen and oxygen atoms in total. The number of hydrogen-bond donors (Lipinski definition) is 0. The van der Waals surface area contributed by atoms with Crippen LogP contribution in [0.3, 0.4) is 0 Å². The van der Waals surface area contributed by atoms with Gasteiger partial charge in [-0.25, -0.2) is 4.79 Å². The summed E-state index contributed by atoms with van der Waals surface area (Å²) in [6, 6.07) is 0. The number of hydrogen-bond acceptors (Lipinski definition) is 5. The van der Waals surface area contributed by atoms with Gasteiger partial charge in [-0.15, -0.1) is 0 Å². The molecule has 0 radical (unpaired) electrons. The van der Waals surface area contributed by atoms with Gasteiger partial charge >= 0.3 is 6.16 Å². The number of carbonyl (C=O) groups is 1. The zero-order chi connectivity index (χ0) is 13.2. The summed E-state index contributed by atoms with van der Waals surface area (Å²) < 4.78 is 21.5. The molecule has 3 aliphatic rings. The Balaban J connectivity index is 1.40. The van der Waals surface area contributed by atoms with Crippen LogP contribution in [0.4, 0.5) is 4.79 Å². The maximum atomic E-state index is 11.8. The van der Waals surface area contributed by atoms with Crippen LogP contribution in [0.5, 0.6) is 0 Å². The van der Waals surface area contributed by atoms with Crippen molar-refractivity contribution in [3.63, 3.8) is 0 Å². The third-order valence-electron chi connectivity index (χ3n) is 4.39. The summed E-state index contributed by atoms with van der Waals surface area (Å²) in [7, 11) is 1.71. The SMILES string of the molecule is COC1CCCC(OC(=O)OC2CCC3OC3C2)C1. The Morgan fingerprint density at radius 1 is 0.947 bits per heavy atom. The lowest BCUT2D eigenvalue weighted by Gasteiger charge is -2.28. The molecule has 19 heavy (non-hydrogen) atoms. The van der Waals surface area contributed by atoms with Gasteiger partial charge in [0.1, 0.15) is 12.2 Å². The average Bonchev–Trinajstić information content (AvgIpc) is 3.17. The van der Waals surface area contributed by atoms with Crippen LogP contribution in [0, 0.1) is 0 Å². The Kier molecular flexibility index (Phi) is 3.93. The first-order chi connectivity index (χ1) is 9.24. The minimum Gasteiger partial charge on any atom is -0.431 e. The van der Waals surface area contributed by atoms with E-state index in [1.54, 1.807) is 7.11 Å². The van der Waals surface area contributed by atoms with E-state index in [2.05, 4.69) is 0 Å². The number of epoxide rings is 1. The smallest absolute Gasteiger partial charge is 0.431 e. The van der Waals surface area contributed by atoms with Crippen molar-refractivity contribution in [3.05, 3.63) is 0 Å². The maximum Gasteiger partial charge on any atom is 0.508 e. The van der Waals surface area contributed by atoms with Crippen molar-refractivity contribution in [3.8, 4) is 0 Å². The van der Waals surface area contributed by atoms with Gasteiger partial charge in [0.15, 0.2) is 0 Å². The first-order valence-electron chi connectivity index (χ1n) is 7.30. The van der Waals surface area contributed by atoms with E-state index in [4.69, 9.17) is 18.9 Å². The van der Waals surface area contributed by atoms with Crippen LogP contribution < -0.4 is 0 Å². The number of fused-ring (bicyclic) bond motifs is 1. The van der Waals surface area contributed by atoms with Crippen molar-refractivity contribution >= 4 is 6.16 Å². The van der Waals surface area contributed by atoms with E-state index in [-0.39, 0.29) is 18.3 Å². The molecule has 5 atom stereocenters. The van der Waals surface area contributed by atoms with Crippen molar-refractivity contribution in [1.82, 2.24) is 0 Å². The van der Waals surface area contributed by atoms with Crippen molar-refractivity contribution in [2.24, 2.45) is 0 Å². The Hall–Kier alpha value is -0.810. The molecule has 0 bridgehead atoms. The molecule has 0 aromatic rings.